The van der Waals surface area contributed by atoms with Gasteiger partial charge in [-0.25, -0.2) is 4.79 Å². The Balaban J connectivity index is 1.41. The summed E-state index contributed by atoms with van der Waals surface area (Å²) in [4.78, 5) is 36.8. The maximum atomic E-state index is 12.6. The van der Waals surface area contributed by atoms with Gasteiger partial charge in [-0.2, -0.15) is 4.68 Å². The second-order valence-electron chi connectivity index (χ2n) is 7.03. The molecular formula is C22H20N2O5. The zero-order valence-electron chi connectivity index (χ0n) is 16.0. The van der Waals surface area contributed by atoms with Crippen molar-refractivity contribution in [2.24, 2.45) is 0 Å². The maximum Gasteiger partial charge on any atom is 0.437 e. The van der Waals surface area contributed by atoms with Crippen LogP contribution in [0, 0.1) is 0 Å². The van der Waals surface area contributed by atoms with E-state index in [-0.39, 0.29) is 11.7 Å². The average molecular weight is 392 g/mol. The number of aromatic nitrogens is 2. The number of Topliss-reactive ketones (excluding diaryl/α,β-unsaturated/α-hetero) is 1. The Morgan fingerprint density at radius 2 is 1.90 bits per heavy atom. The number of ether oxygens (including phenoxy) is 1. The molecule has 0 spiro atoms. The van der Waals surface area contributed by atoms with E-state index in [9.17, 15) is 14.4 Å². The van der Waals surface area contributed by atoms with Gasteiger partial charge in [-0.05, 0) is 55.5 Å². The zero-order valence-corrected chi connectivity index (χ0v) is 16.0. The number of benzene rings is 2. The van der Waals surface area contributed by atoms with E-state index in [4.69, 9.17) is 9.15 Å². The summed E-state index contributed by atoms with van der Waals surface area (Å²) in [7, 11) is 0. The van der Waals surface area contributed by atoms with Gasteiger partial charge in [0.15, 0.2) is 6.10 Å². The van der Waals surface area contributed by atoms with Crippen LogP contribution in [-0.2, 0) is 28.9 Å². The first-order chi connectivity index (χ1) is 14.0. The van der Waals surface area contributed by atoms with E-state index in [2.05, 4.69) is 5.10 Å². The van der Waals surface area contributed by atoms with Gasteiger partial charge in [-0.15, -0.1) is 5.10 Å². The molecule has 0 saturated carbocycles. The summed E-state index contributed by atoms with van der Waals surface area (Å²) in [5, 5.41) is 4.02. The van der Waals surface area contributed by atoms with Crippen LogP contribution in [0.1, 0.15) is 34.8 Å². The van der Waals surface area contributed by atoms with Gasteiger partial charge >= 0.3 is 11.7 Å². The smallest absolute Gasteiger partial charge is 0.437 e. The van der Waals surface area contributed by atoms with Crippen LogP contribution in [0.4, 0.5) is 0 Å². The monoisotopic (exact) mass is 392 g/mol. The third kappa shape index (κ3) is 4.03. The van der Waals surface area contributed by atoms with E-state index in [0.29, 0.717) is 11.1 Å². The van der Waals surface area contributed by atoms with E-state index in [1.807, 2.05) is 18.2 Å². The van der Waals surface area contributed by atoms with E-state index < -0.39 is 24.4 Å². The van der Waals surface area contributed by atoms with Gasteiger partial charge in [0.25, 0.3) is 0 Å². The molecule has 0 amide bonds. The minimum atomic E-state index is -0.960. The minimum Gasteiger partial charge on any atom is -0.453 e. The van der Waals surface area contributed by atoms with Crippen LogP contribution < -0.4 is 5.76 Å². The normalized spacial score (nSPS) is 13.7. The highest BCUT2D eigenvalue weighted by Gasteiger charge is 2.23. The Morgan fingerprint density at radius 3 is 2.69 bits per heavy atom. The Kier molecular flexibility index (Phi) is 5.12. The Bertz CT molecular complexity index is 1110. The van der Waals surface area contributed by atoms with Crippen molar-refractivity contribution in [3.63, 3.8) is 0 Å². The molecule has 2 aromatic carbocycles. The van der Waals surface area contributed by atoms with Crippen LogP contribution in [0.15, 0.2) is 57.7 Å². The highest BCUT2D eigenvalue weighted by atomic mass is 16.5. The van der Waals surface area contributed by atoms with Crippen LogP contribution in [0.2, 0.25) is 0 Å². The predicted molar refractivity (Wildman–Crippen MR) is 105 cm³/mol. The molecule has 0 aliphatic heterocycles. The lowest BCUT2D eigenvalue weighted by molar-refractivity contribution is -0.147. The number of carbonyl (C=O) groups is 2. The molecule has 1 atom stereocenters. The quantitative estimate of drug-likeness (QED) is 0.473. The van der Waals surface area contributed by atoms with Crippen LogP contribution in [0.5, 0.6) is 0 Å². The maximum absolute atomic E-state index is 12.6. The summed E-state index contributed by atoms with van der Waals surface area (Å²) in [5.74, 6) is -1.66. The van der Waals surface area contributed by atoms with Crippen LogP contribution in [0.25, 0.3) is 11.5 Å². The number of fused-ring (bicyclic) bond motifs is 1. The van der Waals surface area contributed by atoms with Gasteiger partial charge in [-0.1, -0.05) is 30.3 Å². The molecule has 29 heavy (non-hydrogen) atoms. The molecule has 0 N–H and O–H groups in total. The van der Waals surface area contributed by atoms with Gasteiger partial charge in [0.05, 0.1) is 0 Å². The summed E-state index contributed by atoms with van der Waals surface area (Å²) in [6.07, 6.45) is 2.13. The fourth-order valence-electron chi connectivity index (χ4n) is 3.47. The van der Waals surface area contributed by atoms with E-state index in [1.165, 1.54) is 18.1 Å². The third-order valence-corrected chi connectivity index (χ3v) is 4.97. The highest BCUT2D eigenvalue weighted by Crippen LogP contribution is 2.23. The number of hydrogen-bond acceptors (Lipinski definition) is 6. The molecule has 4 rings (SSSR count). The molecular weight excluding hydrogens is 372 g/mol. The summed E-state index contributed by atoms with van der Waals surface area (Å²) in [5.41, 5.74) is 3.59. The number of carbonyl (C=O) groups excluding carboxylic acids is 2. The topological polar surface area (TPSA) is 91.4 Å². The van der Waals surface area contributed by atoms with Crippen LogP contribution in [0.3, 0.4) is 0 Å². The number of ketones is 1. The van der Waals surface area contributed by atoms with Crippen molar-refractivity contribution >= 4 is 11.8 Å². The molecule has 0 radical (unpaired) electrons. The molecule has 0 saturated heterocycles. The molecule has 7 heteroatoms. The van der Waals surface area contributed by atoms with Gasteiger partial charge in [0.1, 0.15) is 6.54 Å². The van der Waals surface area contributed by atoms with E-state index in [1.54, 1.807) is 30.3 Å². The molecule has 7 nitrogen and oxygen atoms in total. The summed E-state index contributed by atoms with van der Waals surface area (Å²) in [6, 6.07) is 14.5. The molecule has 1 heterocycles. The molecule has 1 aliphatic carbocycles. The first kappa shape index (κ1) is 18.9. The van der Waals surface area contributed by atoms with Crippen LogP contribution >= 0.6 is 0 Å². The number of hydrogen-bond donors (Lipinski definition) is 0. The van der Waals surface area contributed by atoms with Crippen molar-refractivity contribution in [3.05, 3.63) is 75.8 Å². The average Bonchev–Trinajstić information content (AvgIpc) is 3.34. The zero-order chi connectivity index (χ0) is 20.4. The van der Waals surface area contributed by atoms with Gasteiger partial charge in [0, 0.05) is 11.1 Å². The second kappa shape index (κ2) is 7.87. The predicted octanol–water partition coefficient (Wildman–Crippen LogP) is 2.81. The second-order valence-corrected chi connectivity index (χ2v) is 7.03. The molecule has 0 bridgehead atoms. The first-order valence-electron chi connectivity index (χ1n) is 9.50. The molecule has 1 aromatic heterocycles. The Morgan fingerprint density at radius 1 is 1.14 bits per heavy atom. The fraction of sp³-hybridized carbons (Fsp3) is 0.273. The number of nitrogens with zero attached hydrogens (tertiary/aromatic N) is 2. The molecule has 1 aliphatic rings. The highest BCUT2D eigenvalue weighted by molar-refractivity contribution is 6.00. The first-order valence-corrected chi connectivity index (χ1v) is 9.50. The largest absolute Gasteiger partial charge is 0.453 e. The molecule has 148 valence electrons. The molecule has 0 unspecified atom stereocenters. The summed E-state index contributed by atoms with van der Waals surface area (Å²) < 4.78 is 11.2. The van der Waals surface area contributed by atoms with Gasteiger partial charge < -0.3 is 9.15 Å². The van der Waals surface area contributed by atoms with Crippen LogP contribution in [-0.4, -0.2) is 27.6 Å². The minimum absolute atomic E-state index is 0.116. The van der Waals surface area contributed by atoms with Gasteiger partial charge in [0.2, 0.25) is 11.7 Å². The van der Waals surface area contributed by atoms with Gasteiger partial charge in [-0.3, -0.25) is 9.59 Å². The van der Waals surface area contributed by atoms with Crippen molar-refractivity contribution in [2.75, 3.05) is 0 Å². The Labute approximate surface area is 166 Å². The summed E-state index contributed by atoms with van der Waals surface area (Å²) >= 11 is 0. The molecule has 0 fully saturated rings. The van der Waals surface area contributed by atoms with Crippen molar-refractivity contribution in [2.45, 2.75) is 38.8 Å². The third-order valence-electron chi connectivity index (χ3n) is 4.97. The van der Waals surface area contributed by atoms with E-state index in [0.717, 1.165) is 23.9 Å². The van der Waals surface area contributed by atoms with Crippen molar-refractivity contribution in [1.82, 2.24) is 9.78 Å². The summed E-state index contributed by atoms with van der Waals surface area (Å²) in [6.45, 7) is 1.09. The van der Waals surface area contributed by atoms with E-state index >= 15 is 0 Å². The molecule has 3 aromatic rings. The van der Waals surface area contributed by atoms with Crippen molar-refractivity contribution in [3.8, 4) is 11.5 Å². The number of rotatable bonds is 6. The Hall–Kier alpha value is -3.48. The van der Waals surface area contributed by atoms with Crippen molar-refractivity contribution in [1.29, 1.82) is 0 Å². The lowest BCUT2D eigenvalue weighted by Crippen LogP contribution is -2.29. The fourth-order valence-corrected chi connectivity index (χ4v) is 3.47. The lowest BCUT2D eigenvalue weighted by Gasteiger charge is -2.13. The van der Waals surface area contributed by atoms with Crippen molar-refractivity contribution < 1.29 is 18.7 Å². The lowest BCUT2D eigenvalue weighted by atomic mass is 10.0. The number of esters is 1. The standard InChI is InChI=1S/C22H20N2O5/c1-14(20(26)18-11-10-15-8-5-9-17(15)12-18)28-19(25)13-24-22(27)29-21(23-24)16-6-3-2-4-7-16/h2-4,6-7,10-12,14H,5,8-9,13H2,1H3/t14-/m0/s1. The number of aryl methyl sites for hydroxylation is 2. The SMILES string of the molecule is C[C@H](OC(=O)Cn1nc(-c2ccccc2)oc1=O)C(=O)c1ccc2c(c1)CCC2.